The van der Waals surface area contributed by atoms with Crippen LogP contribution in [0.3, 0.4) is 0 Å². The highest BCUT2D eigenvalue weighted by Crippen LogP contribution is 2.55. The van der Waals surface area contributed by atoms with E-state index in [1.165, 1.54) is 13.2 Å². The zero-order valence-corrected chi connectivity index (χ0v) is 27.8. The van der Waals surface area contributed by atoms with Crippen LogP contribution in [0.1, 0.15) is 52.5 Å². The number of hydrogen-bond donors (Lipinski definition) is 0. The third-order valence-electron chi connectivity index (χ3n) is 9.89. The van der Waals surface area contributed by atoms with E-state index in [0.29, 0.717) is 43.3 Å². The molecule has 2 fully saturated rings. The first kappa shape index (κ1) is 33.1. The zero-order valence-electron chi connectivity index (χ0n) is 26.8. The van der Waals surface area contributed by atoms with Gasteiger partial charge in [-0.3, -0.25) is 24.8 Å². The van der Waals surface area contributed by atoms with Crippen molar-refractivity contribution >= 4 is 31.9 Å². The first-order chi connectivity index (χ1) is 20.3. The van der Waals surface area contributed by atoms with Crippen molar-refractivity contribution in [1.82, 2.24) is 4.90 Å². The third kappa shape index (κ3) is 6.24. The molecule has 3 heterocycles. The van der Waals surface area contributed by atoms with Gasteiger partial charge in [0, 0.05) is 24.7 Å². The Bertz CT molecular complexity index is 1260. The molecule has 43 heavy (non-hydrogen) atoms. The summed E-state index contributed by atoms with van der Waals surface area (Å²) in [5.41, 5.74) is 1.92. The molecule has 0 unspecified atom stereocenters. The number of carbonyl (C=O) groups excluding carboxylic acids is 1. The van der Waals surface area contributed by atoms with Crippen LogP contribution < -0.4 is 4.74 Å². The lowest BCUT2D eigenvalue weighted by atomic mass is 9.70. The normalized spacial score (nSPS) is 25.7. The van der Waals surface area contributed by atoms with E-state index in [1.54, 1.807) is 19.4 Å². The molecule has 12 heteroatoms. The Hall–Kier alpha value is -2.80. The van der Waals surface area contributed by atoms with E-state index in [-0.39, 0.29) is 35.0 Å². The lowest BCUT2D eigenvalue weighted by Crippen LogP contribution is -2.61. The highest BCUT2D eigenvalue weighted by atomic mass is 28.4. The Labute approximate surface area is 255 Å². The van der Waals surface area contributed by atoms with E-state index in [4.69, 9.17) is 28.4 Å². The van der Waals surface area contributed by atoms with Crippen LogP contribution in [0.25, 0.3) is 0 Å². The van der Waals surface area contributed by atoms with Gasteiger partial charge in [-0.2, -0.15) is 0 Å². The van der Waals surface area contributed by atoms with Crippen LogP contribution in [0.15, 0.2) is 29.0 Å². The number of benzene rings is 1. The molecule has 0 radical (unpaired) electrons. The SMILES string of the molecule is CC[C@@H]1CN2CC[C@@]3(OCCO[Si](C)(C)C(C)(C)C)C(=Nc4ccc([N+](=O)[O-])c(OC)c43)[C@@H]2C[C@@H]1/C(=C\OC)COC=O. The number of aliphatic imine (C=N–C) groups is 1. The van der Waals surface area contributed by atoms with Gasteiger partial charge >= 0.3 is 5.69 Å². The molecular weight excluding hydrogens is 570 g/mol. The van der Waals surface area contributed by atoms with E-state index >= 15 is 0 Å². The van der Waals surface area contributed by atoms with Crippen molar-refractivity contribution in [1.29, 1.82) is 0 Å². The molecule has 0 bridgehead atoms. The summed E-state index contributed by atoms with van der Waals surface area (Å²) in [5, 5.41) is 12.1. The monoisotopic (exact) mass is 617 g/mol. The van der Waals surface area contributed by atoms with Gasteiger partial charge in [-0.1, -0.05) is 34.1 Å². The van der Waals surface area contributed by atoms with Crippen LogP contribution in [-0.2, 0) is 29.0 Å². The minimum atomic E-state index is -2.01. The van der Waals surface area contributed by atoms with E-state index < -0.39 is 18.8 Å². The van der Waals surface area contributed by atoms with Gasteiger partial charge in [0.05, 0.1) is 61.6 Å². The lowest BCUT2D eigenvalue weighted by molar-refractivity contribution is -0.385. The van der Waals surface area contributed by atoms with Crippen molar-refractivity contribution in [3.63, 3.8) is 0 Å². The predicted octanol–water partition coefficient (Wildman–Crippen LogP) is 5.75. The average Bonchev–Trinajstić information content (AvgIpc) is 3.30. The molecule has 11 nitrogen and oxygen atoms in total. The molecule has 3 aliphatic rings. The summed E-state index contributed by atoms with van der Waals surface area (Å²) in [6, 6.07) is 3.07. The van der Waals surface area contributed by atoms with Crippen molar-refractivity contribution in [3.8, 4) is 5.75 Å². The number of ether oxygens (including phenoxy) is 4. The summed E-state index contributed by atoms with van der Waals surface area (Å²) in [5.74, 6) is 0.615. The Morgan fingerprint density at radius 2 is 2.00 bits per heavy atom. The van der Waals surface area contributed by atoms with Gasteiger partial charge in [-0.15, -0.1) is 0 Å². The molecule has 0 amide bonds. The lowest BCUT2D eigenvalue weighted by Gasteiger charge is -2.51. The summed E-state index contributed by atoms with van der Waals surface area (Å²) in [7, 11) is 1.05. The summed E-state index contributed by atoms with van der Waals surface area (Å²) >= 11 is 0. The maximum absolute atomic E-state index is 12.0. The molecule has 4 atom stereocenters. The summed E-state index contributed by atoms with van der Waals surface area (Å²) < 4.78 is 29.6. The van der Waals surface area contributed by atoms with Crippen molar-refractivity contribution < 1.29 is 33.1 Å². The number of fused-ring (bicyclic) bond motifs is 5. The third-order valence-corrected chi connectivity index (χ3v) is 14.4. The maximum atomic E-state index is 12.0. The first-order valence-corrected chi connectivity index (χ1v) is 18.0. The first-order valence-electron chi connectivity index (χ1n) is 15.1. The van der Waals surface area contributed by atoms with Crippen molar-refractivity contribution in [3.05, 3.63) is 39.6 Å². The van der Waals surface area contributed by atoms with E-state index in [1.807, 2.05) is 0 Å². The second-order valence-corrected chi connectivity index (χ2v) is 18.0. The fraction of sp³-hybridized carbons (Fsp3) is 0.677. The number of nitro groups is 1. The maximum Gasteiger partial charge on any atom is 0.311 e. The Morgan fingerprint density at radius 3 is 2.60 bits per heavy atom. The predicted molar refractivity (Wildman–Crippen MR) is 166 cm³/mol. The second kappa shape index (κ2) is 13.1. The zero-order chi connectivity index (χ0) is 31.6. The highest BCUT2D eigenvalue weighted by Gasteiger charge is 2.56. The Morgan fingerprint density at radius 1 is 1.26 bits per heavy atom. The van der Waals surface area contributed by atoms with Gasteiger partial charge in [0.25, 0.3) is 6.47 Å². The van der Waals surface area contributed by atoms with Gasteiger partial charge in [-0.05, 0) is 48.9 Å². The van der Waals surface area contributed by atoms with Crippen LogP contribution in [-0.4, -0.2) is 83.5 Å². The van der Waals surface area contributed by atoms with E-state index in [2.05, 4.69) is 45.7 Å². The van der Waals surface area contributed by atoms with Crippen molar-refractivity contribution in [2.75, 3.05) is 47.1 Å². The van der Waals surface area contributed by atoms with Gasteiger partial charge in [0.1, 0.15) is 12.2 Å². The molecule has 0 spiro atoms. The fourth-order valence-corrected chi connectivity index (χ4v) is 7.66. The summed E-state index contributed by atoms with van der Waals surface area (Å²) in [4.78, 5) is 30.3. The minimum absolute atomic E-state index is 0.0565. The number of methoxy groups -OCH3 is 2. The molecule has 1 aromatic rings. The molecule has 0 aliphatic carbocycles. The fourth-order valence-electron chi connectivity index (χ4n) is 6.64. The number of nitrogens with zero attached hydrogens (tertiary/aromatic N) is 3. The highest BCUT2D eigenvalue weighted by molar-refractivity contribution is 6.74. The summed E-state index contributed by atoms with van der Waals surface area (Å²) in [6.45, 7) is 16.1. The van der Waals surface area contributed by atoms with Crippen LogP contribution >= 0.6 is 0 Å². The molecular formula is C31H47N3O8Si. The number of piperidine rings is 2. The molecule has 238 valence electrons. The van der Waals surface area contributed by atoms with Gasteiger partial charge in [-0.25, -0.2) is 0 Å². The Kier molecular flexibility index (Phi) is 10.0. The number of hydrogen-bond acceptors (Lipinski definition) is 10. The van der Waals surface area contributed by atoms with Gasteiger partial charge < -0.3 is 23.4 Å². The number of carbonyl (C=O) groups is 1. The topological polar surface area (TPSA) is 122 Å². The van der Waals surface area contributed by atoms with E-state index in [9.17, 15) is 14.9 Å². The van der Waals surface area contributed by atoms with Crippen LogP contribution in [0.4, 0.5) is 11.4 Å². The van der Waals surface area contributed by atoms with Crippen LogP contribution in [0.2, 0.25) is 18.1 Å². The molecule has 1 aromatic carbocycles. The average molecular weight is 618 g/mol. The number of rotatable bonds is 13. The molecule has 3 aliphatic heterocycles. The molecule has 0 aromatic heterocycles. The van der Waals surface area contributed by atoms with Crippen LogP contribution in [0.5, 0.6) is 5.75 Å². The van der Waals surface area contributed by atoms with E-state index in [0.717, 1.165) is 37.2 Å². The number of nitro benzene ring substituents is 1. The molecule has 2 saturated heterocycles. The smallest absolute Gasteiger partial charge is 0.311 e. The molecule has 0 N–H and O–H groups in total. The molecule has 0 saturated carbocycles. The molecule has 4 rings (SSSR count). The summed E-state index contributed by atoms with van der Waals surface area (Å²) in [6.07, 6.45) is 3.95. The largest absolute Gasteiger partial charge is 0.504 e. The van der Waals surface area contributed by atoms with Gasteiger partial charge in [0.2, 0.25) is 5.75 Å². The minimum Gasteiger partial charge on any atom is -0.504 e. The van der Waals surface area contributed by atoms with Crippen molar-refractivity contribution in [2.45, 2.75) is 76.7 Å². The quantitative estimate of drug-likeness (QED) is 0.0680. The standard InChI is InChI=1S/C31H47N3O8Si/c1-9-21-17-33-13-12-31(41-14-15-42-43(7,8)30(2,3)4)27-24(10-11-25(34(36)37)28(27)39-6)32-29(31)26(33)16-23(21)22(18-38-5)19-40-20-35/h10-11,18,20-21,23,26H,9,12-17,19H2,1-8H3/b22-18-/t21-,23+,26+,31+/m1/s1. The van der Waals surface area contributed by atoms with Crippen molar-refractivity contribution in [2.24, 2.45) is 16.8 Å². The Balaban J connectivity index is 1.74. The van der Waals surface area contributed by atoms with Gasteiger partial charge in [0.15, 0.2) is 8.32 Å². The second-order valence-electron chi connectivity index (χ2n) is 13.2. The van der Waals surface area contributed by atoms with Crippen LogP contribution in [0, 0.1) is 22.0 Å².